The lowest BCUT2D eigenvalue weighted by Crippen LogP contribution is -2.14. The second-order valence-electron chi connectivity index (χ2n) is 5.26. The van der Waals surface area contributed by atoms with E-state index in [0.717, 1.165) is 11.3 Å². The van der Waals surface area contributed by atoms with E-state index in [1.54, 1.807) is 49.6 Å². The van der Waals surface area contributed by atoms with Gasteiger partial charge in [0.2, 0.25) is 0 Å². The Morgan fingerprint density at radius 2 is 1.72 bits per heavy atom. The number of fused-ring (bicyclic) bond motifs is 1. The van der Waals surface area contributed by atoms with Crippen LogP contribution >= 0.6 is 0 Å². The minimum Gasteiger partial charge on any atom is -0.497 e. The van der Waals surface area contributed by atoms with Gasteiger partial charge in [-0.05, 0) is 35.9 Å². The maximum absolute atomic E-state index is 12.5. The van der Waals surface area contributed by atoms with Gasteiger partial charge in [0.1, 0.15) is 22.6 Å². The summed E-state index contributed by atoms with van der Waals surface area (Å²) in [6.45, 7) is 0. The summed E-state index contributed by atoms with van der Waals surface area (Å²) in [4.78, 5) is 24.8. The first-order valence-corrected chi connectivity index (χ1v) is 7.60. The van der Waals surface area contributed by atoms with Crippen LogP contribution in [0.25, 0.3) is 17.0 Å². The maximum atomic E-state index is 12.5. The number of hydrogen-bond donors (Lipinski definition) is 0. The topological polar surface area (TPSA) is 65.7 Å². The molecule has 3 rings (SSSR count). The molecule has 3 aromatic rings. The van der Waals surface area contributed by atoms with E-state index in [1.807, 2.05) is 12.1 Å². The zero-order valence-electron chi connectivity index (χ0n) is 13.8. The molecule has 5 heteroatoms. The van der Waals surface area contributed by atoms with E-state index in [-0.39, 0.29) is 11.3 Å². The van der Waals surface area contributed by atoms with Crippen molar-refractivity contribution >= 4 is 22.8 Å². The lowest BCUT2D eigenvalue weighted by Gasteiger charge is -2.07. The SMILES string of the molecule is COc1ccc(C=CC(=O)c2c(OC)c3ccccc3oc2=O)cc1. The Hall–Kier alpha value is -3.34. The summed E-state index contributed by atoms with van der Waals surface area (Å²) in [6.07, 6.45) is 2.95. The third-order valence-corrected chi connectivity index (χ3v) is 3.76. The molecule has 0 aliphatic heterocycles. The summed E-state index contributed by atoms with van der Waals surface area (Å²) < 4.78 is 15.6. The molecule has 0 spiro atoms. The summed E-state index contributed by atoms with van der Waals surface area (Å²) in [7, 11) is 3.00. The molecule has 0 atom stereocenters. The average Bonchev–Trinajstić information content (AvgIpc) is 2.65. The van der Waals surface area contributed by atoms with Gasteiger partial charge < -0.3 is 13.9 Å². The monoisotopic (exact) mass is 336 g/mol. The Kier molecular flexibility index (Phi) is 4.66. The highest BCUT2D eigenvalue weighted by Gasteiger charge is 2.20. The van der Waals surface area contributed by atoms with Gasteiger partial charge in [0.15, 0.2) is 5.78 Å². The first-order chi connectivity index (χ1) is 12.1. The van der Waals surface area contributed by atoms with Crippen LogP contribution in [0.15, 0.2) is 63.8 Å². The first-order valence-electron chi connectivity index (χ1n) is 7.60. The van der Waals surface area contributed by atoms with Gasteiger partial charge in [0.25, 0.3) is 0 Å². The van der Waals surface area contributed by atoms with Crippen molar-refractivity contribution in [3.63, 3.8) is 0 Å². The van der Waals surface area contributed by atoms with Gasteiger partial charge in [0, 0.05) is 0 Å². The molecule has 25 heavy (non-hydrogen) atoms. The van der Waals surface area contributed by atoms with Crippen LogP contribution in [0.5, 0.6) is 11.5 Å². The van der Waals surface area contributed by atoms with Crippen LogP contribution < -0.4 is 15.1 Å². The van der Waals surface area contributed by atoms with Crippen LogP contribution in [0.4, 0.5) is 0 Å². The third kappa shape index (κ3) is 3.30. The van der Waals surface area contributed by atoms with E-state index in [2.05, 4.69) is 0 Å². The maximum Gasteiger partial charge on any atom is 0.351 e. The molecule has 0 saturated carbocycles. The summed E-state index contributed by atoms with van der Waals surface area (Å²) in [6, 6.07) is 14.1. The van der Waals surface area contributed by atoms with Gasteiger partial charge in [-0.1, -0.05) is 30.3 Å². The number of carbonyl (C=O) groups is 1. The molecule has 0 amide bonds. The van der Waals surface area contributed by atoms with Crippen molar-refractivity contribution < 1.29 is 18.7 Å². The zero-order chi connectivity index (χ0) is 17.8. The van der Waals surface area contributed by atoms with Crippen LogP contribution in [0, 0.1) is 0 Å². The molecule has 1 heterocycles. The van der Waals surface area contributed by atoms with E-state index in [0.29, 0.717) is 11.0 Å². The fourth-order valence-electron chi connectivity index (χ4n) is 2.52. The number of ketones is 1. The van der Waals surface area contributed by atoms with Gasteiger partial charge in [-0.25, -0.2) is 4.79 Å². The van der Waals surface area contributed by atoms with Crippen molar-refractivity contribution in [3.8, 4) is 11.5 Å². The number of methoxy groups -OCH3 is 2. The van der Waals surface area contributed by atoms with Crippen molar-refractivity contribution in [2.75, 3.05) is 14.2 Å². The average molecular weight is 336 g/mol. The molecule has 2 aromatic carbocycles. The molecular formula is C20H16O5. The van der Waals surface area contributed by atoms with E-state index in [1.165, 1.54) is 13.2 Å². The van der Waals surface area contributed by atoms with Gasteiger partial charge in [-0.2, -0.15) is 0 Å². The van der Waals surface area contributed by atoms with Gasteiger partial charge in [-0.3, -0.25) is 4.79 Å². The molecule has 0 aliphatic carbocycles. The Bertz CT molecular complexity index is 997. The fraction of sp³-hybridized carbons (Fsp3) is 0.100. The summed E-state index contributed by atoms with van der Waals surface area (Å²) >= 11 is 0. The lowest BCUT2D eigenvalue weighted by atomic mass is 10.1. The Balaban J connectivity index is 2.00. The molecule has 0 radical (unpaired) electrons. The minimum absolute atomic E-state index is 0.119. The molecule has 0 fully saturated rings. The summed E-state index contributed by atoms with van der Waals surface area (Å²) in [5.41, 5.74) is 0.337. The first kappa shape index (κ1) is 16.5. The minimum atomic E-state index is -0.722. The third-order valence-electron chi connectivity index (χ3n) is 3.76. The number of rotatable bonds is 5. The largest absolute Gasteiger partial charge is 0.497 e. The molecule has 0 N–H and O–H groups in total. The van der Waals surface area contributed by atoms with E-state index < -0.39 is 11.4 Å². The second kappa shape index (κ2) is 7.05. The van der Waals surface area contributed by atoms with Gasteiger partial charge in [-0.15, -0.1) is 0 Å². The zero-order valence-corrected chi connectivity index (χ0v) is 13.8. The summed E-state index contributed by atoms with van der Waals surface area (Å²) in [5.74, 6) is 0.462. The molecule has 5 nitrogen and oxygen atoms in total. The van der Waals surface area contributed by atoms with E-state index in [9.17, 15) is 9.59 Å². The highest BCUT2D eigenvalue weighted by atomic mass is 16.5. The smallest absolute Gasteiger partial charge is 0.351 e. The quantitative estimate of drug-likeness (QED) is 0.404. The fourth-order valence-corrected chi connectivity index (χ4v) is 2.52. The van der Waals surface area contributed by atoms with Crippen LogP contribution in [0.3, 0.4) is 0 Å². The predicted octanol–water partition coefficient (Wildman–Crippen LogP) is 3.71. The van der Waals surface area contributed by atoms with Crippen molar-refractivity contribution in [3.05, 3.63) is 76.2 Å². The normalized spacial score (nSPS) is 11.0. The van der Waals surface area contributed by atoms with Gasteiger partial charge >= 0.3 is 5.63 Å². The standard InChI is InChI=1S/C20H16O5/c1-23-14-10-7-13(8-11-14)9-12-16(21)18-19(24-2)15-5-3-4-6-17(15)25-20(18)22/h3-12H,1-2H3. The van der Waals surface area contributed by atoms with Crippen LogP contribution in [-0.2, 0) is 0 Å². The Morgan fingerprint density at radius 1 is 1.00 bits per heavy atom. The number of allylic oxidation sites excluding steroid dienone is 1. The number of para-hydroxylation sites is 1. The lowest BCUT2D eigenvalue weighted by molar-refractivity contribution is 0.104. The number of hydrogen-bond acceptors (Lipinski definition) is 5. The molecule has 0 saturated heterocycles. The predicted molar refractivity (Wildman–Crippen MR) is 95.4 cm³/mol. The summed E-state index contributed by atoms with van der Waals surface area (Å²) in [5, 5.41) is 0.575. The number of benzene rings is 2. The molecule has 126 valence electrons. The highest BCUT2D eigenvalue weighted by Crippen LogP contribution is 2.27. The number of ether oxygens (including phenoxy) is 2. The van der Waals surface area contributed by atoms with Crippen molar-refractivity contribution in [2.45, 2.75) is 0 Å². The molecular weight excluding hydrogens is 320 g/mol. The van der Waals surface area contributed by atoms with Crippen molar-refractivity contribution in [1.82, 2.24) is 0 Å². The van der Waals surface area contributed by atoms with Crippen LogP contribution in [0.2, 0.25) is 0 Å². The Morgan fingerprint density at radius 3 is 2.40 bits per heavy atom. The second-order valence-corrected chi connectivity index (χ2v) is 5.26. The molecule has 0 bridgehead atoms. The van der Waals surface area contributed by atoms with Gasteiger partial charge in [0.05, 0.1) is 19.6 Å². The van der Waals surface area contributed by atoms with E-state index >= 15 is 0 Å². The van der Waals surface area contributed by atoms with Crippen LogP contribution in [0.1, 0.15) is 15.9 Å². The van der Waals surface area contributed by atoms with Crippen LogP contribution in [-0.4, -0.2) is 20.0 Å². The molecule has 0 unspecified atom stereocenters. The van der Waals surface area contributed by atoms with Crippen molar-refractivity contribution in [1.29, 1.82) is 0 Å². The molecule has 1 aromatic heterocycles. The number of carbonyl (C=O) groups excluding carboxylic acids is 1. The molecule has 0 aliphatic rings. The Labute approximate surface area is 144 Å². The highest BCUT2D eigenvalue weighted by molar-refractivity contribution is 6.10. The van der Waals surface area contributed by atoms with Crippen molar-refractivity contribution in [2.24, 2.45) is 0 Å². The van der Waals surface area contributed by atoms with E-state index in [4.69, 9.17) is 13.9 Å².